The number of hydrogen-bond acceptors (Lipinski definition) is 2. The van der Waals surface area contributed by atoms with Crippen LogP contribution in [0.15, 0.2) is 53.4 Å². The van der Waals surface area contributed by atoms with Crippen LogP contribution in [0.5, 0.6) is 0 Å². The van der Waals surface area contributed by atoms with E-state index in [-0.39, 0.29) is 0 Å². The van der Waals surface area contributed by atoms with E-state index in [1.807, 2.05) is 11.8 Å². The number of nitrogens with one attached hydrogen (secondary N) is 1. The maximum atomic E-state index is 3.77. The molecule has 1 heterocycles. The van der Waals surface area contributed by atoms with Gasteiger partial charge in [0.15, 0.2) is 0 Å². The smallest absolute Gasteiger partial charge is 0.0447 e. The highest BCUT2D eigenvalue weighted by molar-refractivity contribution is 8.00. The van der Waals surface area contributed by atoms with Crippen LogP contribution in [0.3, 0.4) is 0 Å². The molecule has 1 nitrogen and oxygen atoms in total. The molecule has 1 N–H and O–H groups in total. The van der Waals surface area contributed by atoms with Crippen LogP contribution in [0.25, 0.3) is 0 Å². The minimum absolute atomic E-state index is 0.433. The molecule has 0 saturated carbocycles. The fourth-order valence-electron chi connectivity index (χ4n) is 3.02. The van der Waals surface area contributed by atoms with Crippen LogP contribution in [-0.4, -0.2) is 11.8 Å². The average molecular weight is 297 g/mol. The van der Waals surface area contributed by atoms with Gasteiger partial charge in [-0.05, 0) is 43.5 Å². The Morgan fingerprint density at radius 1 is 1.19 bits per heavy atom. The van der Waals surface area contributed by atoms with Crippen LogP contribution >= 0.6 is 11.8 Å². The molecule has 0 bridgehead atoms. The van der Waals surface area contributed by atoms with Gasteiger partial charge in [0.25, 0.3) is 0 Å². The molecule has 2 unspecified atom stereocenters. The van der Waals surface area contributed by atoms with E-state index >= 15 is 0 Å². The van der Waals surface area contributed by atoms with Crippen molar-refractivity contribution in [2.45, 2.75) is 42.9 Å². The van der Waals surface area contributed by atoms with Crippen molar-refractivity contribution in [3.63, 3.8) is 0 Å². The monoisotopic (exact) mass is 297 g/mol. The quantitative estimate of drug-likeness (QED) is 0.854. The highest BCUT2D eigenvalue weighted by atomic mass is 32.2. The summed E-state index contributed by atoms with van der Waals surface area (Å²) in [6, 6.07) is 18.2. The molecule has 0 saturated heterocycles. The van der Waals surface area contributed by atoms with Crippen LogP contribution in [0.1, 0.15) is 36.1 Å². The lowest BCUT2D eigenvalue weighted by atomic mass is 9.97. The first-order chi connectivity index (χ1) is 10.3. The molecule has 110 valence electrons. The summed E-state index contributed by atoms with van der Waals surface area (Å²) in [5.41, 5.74) is 4.27. The zero-order valence-electron chi connectivity index (χ0n) is 12.8. The second-order valence-corrected chi connectivity index (χ2v) is 7.10. The zero-order valence-corrected chi connectivity index (χ0v) is 13.6. The van der Waals surface area contributed by atoms with Crippen LogP contribution < -0.4 is 5.32 Å². The Balaban J connectivity index is 1.84. The zero-order chi connectivity index (χ0) is 14.7. The van der Waals surface area contributed by atoms with Crippen molar-refractivity contribution in [1.29, 1.82) is 0 Å². The van der Waals surface area contributed by atoms with E-state index in [1.54, 1.807) is 0 Å². The lowest BCUT2D eigenvalue weighted by molar-refractivity contribution is 0.513. The van der Waals surface area contributed by atoms with Gasteiger partial charge < -0.3 is 5.32 Å². The van der Waals surface area contributed by atoms with Crippen molar-refractivity contribution in [2.75, 3.05) is 6.54 Å². The fraction of sp³-hybridized carbons (Fsp3) is 0.368. The first kappa shape index (κ1) is 14.7. The molecular formula is C19H23NS. The predicted molar refractivity (Wildman–Crippen MR) is 92.0 cm³/mol. The standard InChI is InChI=1S/C19H23NS/c1-3-11-20-19(16-9-6-7-14(2)12-16)18-13-15-8-4-5-10-17(15)21-18/h4-10,12,18-20H,3,11,13H2,1-2H3. The van der Waals surface area contributed by atoms with Crippen molar-refractivity contribution in [1.82, 2.24) is 5.32 Å². The van der Waals surface area contributed by atoms with Crippen LogP contribution in [0.4, 0.5) is 0 Å². The lowest BCUT2D eigenvalue weighted by Crippen LogP contribution is -2.30. The van der Waals surface area contributed by atoms with Gasteiger partial charge in [-0.25, -0.2) is 0 Å². The molecule has 2 aromatic rings. The lowest BCUT2D eigenvalue weighted by Gasteiger charge is -2.25. The normalized spacial score (nSPS) is 18.5. The van der Waals surface area contributed by atoms with Crippen LogP contribution in [0, 0.1) is 6.92 Å². The number of rotatable bonds is 5. The Bertz CT molecular complexity index is 583. The molecule has 0 aliphatic carbocycles. The maximum Gasteiger partial charge on any atom is 0.0447 e. The van der Waals surface area contributed by atoms with E-state index in [1.165, 1.54) is 28.0 Å². The van der Waals surface area contributed by atoms with E-state index in [0.717, 1.165) is 13.0 Å². The Kier molecular flexibility index (Phi) is 4.67. The van der Waals surface area contributed by atoms with Crippen molar-refractivity contribution in [3.05, 3.63) is 65.2 Å². The highest BCUT2D eigenvalue weighted by Crippen LogP contribution is 2.42. The van der Waals surface area contributed by atoms with Gasteiger partial charge in [-0.1, -0.05) is 55.0 Å². The SMILES string of the molecule is CCCNC(c1cccc(C)c1)C1Cc2ccccc2S1. The van der Waals surface area contributed by atoms with E-state index < -0.39 is 0 Å². The maximum absolute atomic E-state index is 3.77. The van der Waals surface area contributed by atoms with E-state index in [9.17, 15) is 0 Å². The molecule has 3 rings (SSSR count). The fourth-order valence-corrected chi connectivity index (χ4v) is 4.46. The van der Waals surface area contributed by atoms with E-state index in [0.29, 0.717) is 11.3 Å². The van der Waals surface area contributed by atoms with Crippen LogP contribution in [-0.2, 0) is 6.42 Å². The predicted octanol–water partition coefficient (Wildman–Crippen LogP) is 4.75. The molecule has 1 aliphatic heterocycles. The third-order valence-electron chi connectivity index (χ3n) is 4.06. The molecule has 0 spiro atoms. The molecule has 2 atom stereocenters. The second kappa shape index (κ2) is 6.67. The molecule has 0 aromatic heterocycles. The van der Waals surface area contributed by atoms with Gasteiger partial charge in [0, 0.05) is 16.2 Å². The van der Waals surface area contributed by atoms with Gasteiger partial charge in [0.05, 0.1) is 0 Å². The third kappa shape index (κ3) is 3.33. The topological polar surface area (TPSA) is 12.0 Å². The van der Waals surface area contributed by atoms with Gasteiger partial charge in [0.2, 0.25) is 0 Å². The summed E-state index contributed by atoms with van der Waals surface area (Å²) >= 11 is 2.03. The molecule has 0 fully saturated rings. The summed E-state index contributed by atoms with van der Waals surface area (Å²) in [5.74, 6) is 0. The van der Waals surface area contributed by atoms with Crippen LogP contribution in [0.2, 0.25) is 0 Å². The number of fused-ring (bicyclic) bond motifs is 1. The van der Waals surface area contributed by atoms with Crippen molar-refractivity contribution in [2.24, 2.45) is 0 Å². The summed E-state index contributed by atoms with van der Waals surface area (Å²) in [5, 5.41) is 4.36. The largest absolute Gasteiger partial charge is 0.309 e. The van der Waals surface area contributed by atoms with E-state index in [2.05, 4.69) is 67.7 Å². The first-order valence-electron chi connectivity index (χ1n) is 7.82. The summed E-state index contributed by atoms with van der Waals surface area (Å²) in [4.78, 5) is 1.46. The number of thioether (sulfide) groups is 1. The molecular weight excluding hydrogens is 274 g/mol. The second-order valence-electron chi connectivity index (χ2n) is 5.81. The first-order valence-corrected chi connectivity index (χ1v) is 8.70. The van der Waals surface area contributed by atoms with Gasteiger partial charge in [-0.2, -0.15) is 0 Å². The number of benzene rings is 2. The molecule has 21 heavy (non-hydrogen) atoms. The summed E-state index contributed by atoms with van der Waals surface area (Å²) in [6.45, 7) is 5.49. The summed E-state index contributed by atoms with van der Waals surface area (Å²) in [6.07, 6.45) is 2.34. The van der Waals surface area contributed by atoms with Crippen molar-refractivity contribution < 1.29 is 0 Å². The number of aryl methyl sites for hydroxylation is 1. The third-order valence-corrected chi connectivity index (χ3v) is 5.45. The van der Waals surface area contributed by atoms with Gasteiger partial charge in [0.1, 0.15) is 0 Å². The minimum Gasteiger partial charge on any atom is -0.309 e. The molecule has 0 amide bonds. The minimum atomic E-state index is 0.433. The summed E-state index contributed by atoms with van der Waals surface area (Å²) < 4.78 is 0. The average Bonchev–Trinajstić information content (AvgIpc) is 2.91. The Hall–Kier alpha value is -1.25. The molecule has 1 aliphatic rings. The molecule has 2 aromatic carbocycles. The van der Waals surface area contributed by atoms with E-state index in [4.69, 9.17) is 0 Å². The molecule has 0 radical (unpaired) electrons. The van der Waals surface area contributed by atoms with Crippen molar-refractivity contribution in [3.8, 4) is 0 Å². The van der Waals surface area contributed by atoms with Gasteiger partial charge in [-0.15, -0.1) is 11.8 Å². The summed E-state index contributed by atoms with van der Waals surface area (Å²) in [7, 11) is 0. The Labute approximate surface area is 132 Å². The number of hydrogen-bond donors (Lipinski definition) is 1. The Morgan fingerprint density at radius 3 is 2.81 bits per heavy atom. The van der Waals surface area contributed by atoms with Gasteiger partial charge in [-0.3, -0.25) is 0 Å². The van der Waals surface area contributed by atoms with Crippen molar-refractivity contribution >= 4 is 11.8 Å². The van der Waals surface area contributed by atoms with Gasteiger partial charge >= 0.3 is 0 Å². The molecule has 2 heteroatoms. The highest BCUT2D eigenvalue weighted by Gasteiger charge is 2.29. The Morgan fingerprint density at radius 2 is 2.05 bits per heavy atom.